The Labute approximate surface area is 146 Å². The Balaban J connectivity index is 2.02. The summed E-state index contributed by atoms with van der Waals surface area (Å²) in [6.07, 6.45) is 3.33. The van der Waals surface area contributed by atoms with Crippen LogP contribution in [0, 0.1) is 11.3 Å². The number of phenolic OH excluding ortho intramolecular Hbond substituents is 1. The van der Waals surface area contributed by atoms with Crippen molar-refractivity contribution in [3.8, 4) is 17.6 Å². The van der Waals surface area contributed by atoms with Crippen molar-refractivity contribution < 1.29 is 9.84 Å². The summed E-state index contributed by atoms with van der Waals surface area (Å²) >= 11 is 3.35. The summed E-state index contributed by atoms with van der Waals surface area (Å²) < 4.78 is 6.19. The van der Waals surface area contributed by atoms with E-state index < -0.39 is 0 Å². The molecule has 0 aliphatic carbocycles. The first-order valence-corrected chi connectivity index (χ1v) is 7.99. The normalized spacial score (nSPS) is 11.5. The first-order valence-electron chi connectivity index (χ1n) is 7.20. The Hall–Kier alpha value is -2.85. The number of allylic oxidation sites excluding steroid dienone is 1. The molecule has 0 aliphatic rings. The second-order valence-corrected chi connectivity index (χ2v) is 5.86. The highest BCUT2D eigenvalue weighted by molar-refractivity contribution is 9.10. The number of ether oxygens (including phenoxy) is 1. The summed E-state index contributed by atoms with van der Waals surface area (Å²) in [6, 6.07) is 8.89. The number of aromatic amines is 1. The molecule has 0 fully saturated rings. The van der Waals surface area contributed by atoms with Gasteiger partial charge in [-0.15, -0.1) is 0 Å². The molecule has 3 rings (SSSR count). The lowest BCUT2D eigenvalue weighted by atomic mass is 10.1. The van der Waals surface area contributed by atoms with Gasteiger partial charge in [0.15, 0.2) is 23.0 Å². The Morgan fingerprint density at radius 2 is 2.29 bits per heavy atom. The zero-order valence-electron chi connectivity index (χ0n) is 12.7. The predicted octanol–water partition coefficient (Wildman–Crippen LogP) is 3.89. The number of nitriles is 1. The number of nitrogens with zero attached hydrogens (tertiary/aromatic N) is 3. The van der Waals surface area contributed by atoms with Crippen LogP contribution in [0.3, 0.4) is 0 Å². The van der Waals surface area contributed by atoms with Gasteiger partial charge in [-0.1, -0.05) is 6.07 Å². The van der Waals surface area contributed by atoms with E-state index in [0.29, 0.717) is 29.4 Å². The Bertz CT molecular complexity index is 972. The van der Waals surface area contributed by atoms with Crippen LogP contribution in [0.15, 0.2) is 34.9 Å². The number of imidazole rings is 1. The molecule has 0 radical (unpaired) electrons. The van der Waals surface area contributed by atoms with Gasteiger partial charge in [-0.3, -0.25) is 0 Å². The van der Waals surface area contributed by atoms with Crippen LogP contribution in [0.4, 0.5) is 0 Å². The van der Waals surface area contributed by atoms with Gasteiger partial charge in [0.05, 0.1) is 17.7 Å². The highest BCUT2D eigenvalue weighted by atomic mass is 79.9. The number of hydrogen-bond acceptors (Lipinski definition) is 5. The fraction of sp³-hybridized carbons (Fsp3) is 0.118. The number of aromatic nitrogens is 3. The Kier molecular flexibility index (Phi) is 4.49. The largest absolute Gasteiger partial charge is 0.504 e. The molecule has 24 heavy (non-hydrogen) atoms. The van der Waals surface area contributed by atoms with E-state index in [1.165, 1.54) is 6.07 Å². The number of phenols is 1. The maximum absolute atomic E-state index is 9.75. The molecule has 1 aromatic carbocycles. The molecule has 0 atom stereocenters. The van der Waals surface area contributed by atoms with Crippen LogP contribution in [0.25, 0.3) is 22.8 Å². The number of nitrogens with one attached hydrogen (secondary N) is 1. The lowest BCUT2D eigenvalue weighted by Crippen LogP contribution is -1.92. The number of benzene rings is 1. The molecule has 2 heterocycles. The van der Waals surface area contributed by atoms with Crippen molar-refractivity contribution in [1.82, 2.24) is 15.0 Å². The van der Waals surface area contributed by atoms with Gasteiger partial charge in [-0.05, 0) is 52.7 Å². The monoisotopic (exact) mass is 384 g/mol. The van der Waals surface area contributed by atoms with Crippen molar-refractivity contribution >= 4 is 38.7 Å². The van der Waals surface area contributed by atoms with Gasteiger partial charge in [-0.2, -0.15) is 5.26 Å². The van der Waals surface area contributed by atoms with E-state index in [1.54, 1.807) is 24.4 Å². The van der Waals surface area contributed by atoms with Crippen molar-refractivity contribution in [2.45, 2.75) is 6.92 Å². The molecule has 120 valence electrons. The van der Waals surface area contributed by atoms with Gasteiger partial charge in [0, 0.05) is 10.7 Å². The van der Waals surface area contributed by atoms with Gasteiger partial charge >= 0.3 is 0 Å². The fourth-order valence-corrected chi connectivity index (χ4v) is 2.55. The second-order valence-electron chi connectivity index (χ2n) is 4.94. The highest BCUT2D eigenvalue weighted by Crippen LogP contribution is 2.28. The summed E-state index contributed by atoms with van der Waals surface area (Å²) in [6.45, 7) is 2.28. The second kappa shape index (κ2) is 6.72. The van der Waals surface area contributed by atoms with Crippen LogP contribution < -0.4 is 4.74 Å². The number of fused-ring (bicyclic) bond motifs is 1. The molecule has 0 saturated heterocycles. The summed E-state index contributed by atoms with van der Waals surface area (Å²) in [5.74, 6) is 0.869. The Morgan fingerprint density at radius 3 is 3.04 bits per heavy atom. The predicted molar refractivity (Wildman–Crippen MR) is 94.3 cm³/mol. The molecule has 2 aromatic heterocycles. The molecule has 0 bridgehead atoms. The summed E-state index contributed by atoms with van der Waals surface area (Å²) in [4.78, 5) is 11.6. The van der Waals surface area contributed by atoms with Gasteiger partial charge in [-0.25, -0.2) is 9.97 Å². The summed E-state index contributed by atoms with van der Waals surface area (Å²) in [5, 5.41) is 19.2. The molecule has 0 amide bonds. The van der Waals surface area contributed by atoms with Gasteiger partial charge in [0.2, 0.25) is 0 Å². The fourth-order valence-electron chi connectivity index (χ4n) is 2.21. The van der Waals surface area contributed by atoms with E-state index in [0.717, 1.165) is 15.6 Å². The van der Waals surface area contributed by atoms with Crippen LogP contribution >= 0.6 is 15.9 Å². The highest BCUT2D eigenvalue weighted by Gasteiger charge is 2.10. The number of halogens is 1. The van der Waals surface area contributed by atoms with E-state index in [2.05, 4.69) is 37.0 Å². The summed E-state index contributed by atoms with van der Waals surface area (Å²) in [5.41, 5.74) is 2.36. The van der Waals surface area contributed by atoms with Gasteiger partial charge in [0.1, 0.15) is 6.07 Å². The first kappa shape index (κ1) is 16.0. The molecule has 7 heteroatoms. The van der Waals surface area contributed by atoms with E-state index in [4.69, 9.17) is 4.74 Å². The van der Waals surface area contributed by atoms with Crippen LogP contribution in [-0.2, 0) is 0 Å². The lowest BCUT2D eigenvalue weighted by Gasteiger charge is -2.06. The molecule has 0 saturated carbocycles. The number of pyridine rings is 1. The van der Waals surface area contributed by atoms with E-state index >= 15 is 0 Å². The number of rotatable bonds is 4. The van der Waals surface area contributed by atoms with Crippen molar-refractivity contribution in [1.29, 1.82) is 5.26 Å². The third-order valence-corrected chi connectivity index (χ3v) is 3.71. The molecule has 0 spiro atoms. The molecule has 2 N–H and O–H groups in total. The summed E-state index contributed by atoms with van der Waals surface area (Å²) in [7, 11) is 0. The van der Waals surface area contributed by atoms with Crippen molar-refractivity contribution in [2.24, 2.45) is 0 Å². The van der Waals surface area contributed by atoms with E-state index in [1.807, 2.05) is 13.0 Å². The van der Waals surface area contributed by atoms with Crippen LogP contribution in [-0.4, -0.2) is 26.7 Å². The first-order chi connectivity index (χ1) is 11.6. The van der Waals surface area contributed by atoms with Crippen LogP contribution in [0.1, 0.15) is 18.3 Å². The SMILES string of the molecule is CCOc1cc(/C=C(\C#N)c2nc3ncc(Br)cc3[nH]2)ccc1O. The zero-order chi connectivity index (χ0) is 17.1. The average Bonchev–Trinajstić information content (AvgIpc) is 2.98. The topological polar surface area (TPSA) is 94.8 Å². The number of aromatic hydroxyl groups is 1. The van der Waals surface area contributed by atoms with E-state index in [-0.39, 0.29) is 5.75 Å². The van der Waals surface area contributed by atoms with E-state index in [9.17, 15) is 10.4 Å². The maximum atomic E-state index is 9.75. The molecule has 0 unspecified atom stereocenters. The Morgan fingerprint density at radius 1 is 1.46 bits per heavy atom. The molecule has 6 nitrogen and oxygen atoms in total. The minimum Gasteiger partial charge on any atom is -0.504 e. The number of hydrogen-bond donors (Lipinski definition) is 2. The van der Waals surface area contributed by atoms with Gasteiger partial charge in [0.25, 0.3) is 0 Å². The molecular formula is C17H13BrN4O2. The van der Waals surface area contributed by atoms with Crippen LogP contribution in [0.2, 0.25) is 0 Å². The minimum absolute atomic E-state index is 0.0605. The molecule has 0 aliphatic heterocycles. The quantitative estimate of drug-likeness (QED) is 0.665. The smallest absolute Gasteiger partial charge is 0.178 e. The number of H-pyrrole nitrogens is 1. The third-order valence-electron chi connectivity index (χ3n) is 3.27. The maximum Gasteiger partial charge on any atom is 0.178 e. The van der Waals surface area contributed by atoms with Crippen molar-refractivity contribution in [2.75, 3.05) is 6.61 Å². The zero-order valence-corrected chi connectivity index (χ0v) is 14.3. The molecule has 3 aromatic rings. The van der Waals surface area contributed by atoms with Gasteiger partial charge < -0.3 is 14.8 Å². The molecular weight excluding hydrogens is 372 g/mol. The average molecular weight is 385 g/mol. The standard InChI is InChI=1S/C17H13BrN4O2/c1-2-24-15-6-10(3-4-14(15)23)5-11(8-19)16-21-13-7-12(18)9-20-17(13)22-16/h3-7,9,23H,2H2,1H3,(H,20,21,22)/b11-5+. The van der Waals surface area contributed by atoms with Crippen molar-refractivity contribution in [3.05, 3.63) is 46.3 Å². The lowest BCUT2D eigenvalue weighted by molar-refractivity contribution is 0.318. The third kappa shape index (κ3) is 3.24. The van der Waals surface area contributed by atoms with Crippen molar-refractivity contribution in [3.63, 3.8) is 0 Å². The van der Waals surface area contributed by atoms with Crippen LogP contribution in [0.5, 0.6) is 11.5 Å². The minimum atomic E-state index is 0.0605.